The Balaban J connectivity index is 1.50. The van der Waals surface area contributed by atoms with Crippen LogP contribution in [0, 0.1) is 0 Å². The third-order valence-corrected chi connectivity index (χ3v) is 5.31. The molecule has 2 aromatic heterocycles. The molecule has 0 N–H and O–H groups in total. The van der Waals surface area contributed by atoms with Crippen LogP contribution in [-0.4, -0.2) is 24.1 Å². The molecule has 28 heavy (non-hydrogen) atoms. The molecule has 4 rings (SSSR count). The van der Waals surface area contributed by atoms with E-state index < -0.39 is 0 Å². The summed E-state index contributed by atoms with van der Waals surface area (Å²) in [7, 11) is 3.70. The first-order chi connectivity index (χ1) is 13.7. The van der Waals surface area contributed by atoms with Gasteiger partial charge in [0.25, 0.3) is 0 Å². The molecule has 142 valence electrons. The molecular formula is C22H21N3O2S. The van der Waals surface area contributed by atoms with Crippen molar-refractivity contribution in [3.63, 3.8) is 0 Å². The van der Waals surface area contributed by atoms with Crippen molar-refractivity contribution in [1.29, 1.82) is 0 Å². The molecule has 2 heterocycles. The van der Waals surface area contributed by atoms with Gasteiger partial charge >= 0.3 is 0 Å². The number of rotatable bonds is 7. The number of fused-ring (bicyclic) bond motifs is 1. The first kappa shape index (κ1) is 18.3. The lowest BCUT2D eigenvalue weighted by atomic mass is 10.2. The smallest absolute Gasteiger partial charge is 0.161 e. The maximum absolute atomic E-state index is 5.95. The Morgan fingerprint density at radius 2 is 1.82 bits per heavy atom. The normalized spacial score (nSPS) is 10.8. The lowest BCUT2D eigenvalue weighted by molar-refractivity contribution is 0.284. The van der Waals surface area contributed by atoms with Crippen LogP contribution in [0.2, 0.25) is 0 Å². The van der Waals surface area contributed by atoms with Crippen molar-refractivity contribution < 1.29 is 9.47 Å². The predicted octanol–water partition coefficient (Wildman–Crippen LogP) is 4.92. The Morgan fingerprint density at radius 1 is 0.964 bits per heavy atom. The number of thiophene rings is 1. The van der Waals surface area contributed by atoms with Crippen LogP contribution < -0.4 is 14.4 Å². The Bertz CT molecular complexity index is 1070. The highest BCUT2D eigenvalue weighted by atomic mass is 32.1. The van der Waals surface area contributed by atoms with E-state index in [4.69, 9.17) is 9.47 Å². The third-order valence-electron chi connectivity index (χ3n) is 4.49. The lowest BCUT2D eigenvalue weighted by Gasteiger charge is -2.20. The lowest BCUT2D eigenvalue weighted by Crippen LogP contribution is -2.18. The van der Waals surface area contributed by atoms with Crippen molar-refractivity contribution in [3.05, 3.63) is 77.4 Å². The fraction of sp³-hybridized carbons (Fsp3) is 0.182. The van der Waals surface area contributed by atoms with Crippen molar-refractivity contribution in [2.45, 2.75) is 13.2 Å². The molecule has 0 spiro atoms. The van der Waals surface area contributed by atoms with Crippen LogP contribution in [0.1, 0.15) is 11.1 Å². The van der Waals surface area contributed by atoms with Gasteiger partial charge in [-0.3, -0.25) is 0 Å². The summed E-state index contributed by atoms with van der Waals surface area (Å²) in [6, 6.07) is 18.2. The minimum absolute atomic E-state index is 0.507. The van der Waals surface area contributed by atoms with Gasteiger partial charge in [0.05, 0.1) is 12.5 Å². The van der Waals surface area contributed by atoms with Gasteiger partial charge in [-0.2, -0.15) is 0 Å². The molecule has 0 amide bonds. The van der Waals surface area contributed by atoms with Crippen LogP contribution in [0.3, 0.4) is 0 Å². The van der Waals surface area contributed by atoms with E-state index in [9.17, 15) is 0 Å². The zero-order valence-corrected chi connectivity index (χ0v) is 16.6. The van der Waals surface area contributed by atoms with E-state index in [0.717, 1.165) is 38.7 Å². The van der Waals surface area contributed by atoms with E-state index in [1.165, 1.54) is 0 Å². The van der Waals surface area contributed by atoms with Gasteiger partial charge in [-0.1, -0.05) is 36.4 Å². The van der Waals surface area contributed by atoms with Gasteiger partial charge in [0, 0.05) is 13.6 Å². The minimum Gasteiger partial charge on any atom is -0.493 e. The summed E-state index contributed by atoms with van der Waals surface area (Å²) in [5, 5.41) is 3.11. The van der Waals surface area contributed by atoms with Crippen molar-refractivity contribution in [2.24, 2.45) is 0 Å². The van der Waals surface area contributed by atoms with Crippen LogP contribution in [0.4, 0.5) is 5.82 Å². The summed E-state index contributed by atoms with van der Waals surface area (Å²) in [6.45, 7) is 1.21. The number of nitrogens with zero attached hydrogens (tertiary/aromatic N) is 3. The van der Waals surface area contributed by atoms with Gasteiger partial charge in [0.15, 0.2) is 11.5 Å². The highest BCUT2D eigenvalue weighted by molar-refractivity contribution is 7.16. The topological polar surface area (TPSA) is 47.5 Å². The first-order valence-electron chi connectivity index (χ1n) is 8.97. The van der Waals surface area contributed by atoms with Gasteiger partial charge in [-0.05, 0) is 34.7 Å². The van der Waals surface area contributed by atoms with Crippen LogP contribution in [0.5, 0.6) is 11.5 Å². The summed E-state index contributed by atoms with van der Waals surface area (Å²) < 4.78 is 11.5. The second kappa shape index (κ2) is 8.27. The van der Waals surface area contributed by atoms with Crippen molar-refractivity contribution in [1.82, 2.24) is 9.97 Å². The second-order valence-corrected chi connectivity index (χ2v) is 7.35. The maximum atomic E-state index is 5.95. The average Bonchev–Trinajstić information content (AvgIpc) is 3.22. The van der Waals surface area contributed by atoms with Crippen LogP contribution in [0.25, 0.3) is 10.2 Å². The molecule has 6 heteroatoms. The highest BCUT2D eigenvalue weighted by Gasteiger charge is 2.12. The number of anilines is 1. The molecule has 0 fully saturated rings. The summed E-state index contributed by atoms with van der Waals surface area (Å²) in [5.74, 6) is 2.39. The molecule has 5 nitrogen and oxygen atoms in total. The number of hydrogen-bond donors (Lipinski definition) is 0. The molecule has 0 atom stereocenters. The quantitative estimate of drug-likeness (QED) is 0.448. The minimum atomic E-state index is 0.507. The van der Waals surface area contributed by atoms with Gasteiger partial charge in [0.1, 0.15) is 23.6 Å². The van der Waals surface area contributed by atoms with Crippen molar-refractivity contribution in [2.75, 3.05) is 19.1 Å². The molecule has 2 aromatic carbocycles. The Morgan fingerprint density at radius 3 is 2.64 bits per heavy atom. The first-order valence-corrected chi connectivity index (χ1v) is 9.85. The fourth-order valence-electron chi connectivity index (χ4n) is 3.09. The monoisotopic (exact) mass is 391 g/mol. The van der Waals surface area contributed by atoms with E-state index in [-0.39, 0.29) is 0 Å². The number of hydrogen-bond acceptors (Lipinski definition) is 6. The van der Waals surface area contributed by atoms with Crippen molar-refractivity contribution in [3.8, 4) is 11.5 Å². The second-order valence-electron chi connectivity index (χ2n) is 6.45. The van der Waals surface area contributed by atoms with Gasteiger partial charge < -0.3 is 14.4 Å². The molecule has 4 aromatic rings. The van der Waals surface area contributed by atoms with E-state index in [0.29, 0.717) is 13.2 Å². The molecule has 0 aliphatic rings. The van der Waals surface area contributed by atoms with E-state index in [1.807, 2.05) is 54.9 Å². The molecule has 0 unspecified atom stereocenters. The molecular weight excluding hydrogens is 370 g/mol. The Labute approximate surface area is 168 Å². The molecule has 0 aliphatic carbocycles. The van der Waals surface area contributed by atoms with E-state index >= 15 is 0 Å². The van der Waals surface area contributed by atoms with Crippen molar-refractivity contribution >= 4 is 27.4 Å². The largest absolute Gasteiger partial charge is 0.493 e. The number of ether oxygens (including phenoxy) is 2. The van der Waals surface area contributed by atoms with Crippen LogP contribution in [-0.2, 0) is 13.2 Å². The molecule has 0 bridgehead atoms. The SMILES string of the molecule is COc1cc(CN(C)c2ncnc3sccc23)ccc1OCc1ccccc1. The van der Waals surface area contributed by atoms with Crippen LogP contribution >= 0.6 is 11.3 Å². The molecule has 0 saturated heterocycles. The number of benzene rings is 2. The predicted molar refractivity (Wildman–Crippen MR) is 113 cm³/mol. The van der Waals surface area contributed by atoms with Gasteiger partial charge in [-0.15, -0.1) is 11.3 Å². The third kappa shape index (κ3) is 3.92. The number of methoxy groups -OCH3 is 1. The Hall–Kier alpha value is -3.12. The number of aromatic nitrogens is 2. The standard InChI is InChI=1S/C22H21N3O2S/c1-25(21-18-10-11-28-22(18)24-15-23-21)13-17-8-9-19(20(12-17)26-2)27-14-16-6-4-3-5-7-16/h3-12,15H,13-14H2,1-2H3. The average molecular weight is 391 g/mol. The molecule has 0 aliphatic heterocycles. The fourth-order valence-corrected chi connectivity index (χ4v) is 3.82. The highest BCUT2D eigenvalue weighted by Crippen LogP contribution is 2.31. The van der Waals surface area contributed by atoms with Crippen LogP contribution in [0.15, 0.2) is 66.3 Å². The molecule has 0 saturated carbocycles. The zero-order valence-electron chi connectivity index (χ0n) is 15.8. The summed E-state index contributed by atoms with van der Waals surface area (Å²) >= 11 is 1.62. The maximum Gasteiger partial charge on any atom is 0.161 e. The summed E-state index contributed by atoms with van der Waals surface area (Å²) in [6.07, 6.45) is 1.62. The molecule has 0 radical (unpaired) electrons. The zero-order chi connectivity index (χ0) is 19.3. The van der Waals surface area contributed by atoms with Gasteiger partial charge in [-0.25, -0.2) is 9.97 Å². The van der Waals surface area contributed by atoms with Gasteiger partial charge in [0.2, 0.25) is 0 Å². The Kier molecular flexibility index (Phi) is 5.39. The van der Waals surface area contributed by atoms with E-state index in [1.54, 1.807) is 24.8 Å². The summed E-state index contributed by atoms with van der Waals surface area (Å²) in [4.78, 5) is 11.9. The van der Waals surface area contributed by atoms with E-state index in [2.05, 4.69) is 27.0 Å². The summed E-state index contributed by atoms with van der Waals surface area (Å²) in [5.41, 5.74) is 2.24.